The zero-order valence-electron chi connectivity index (χ0n) is 6.45. The van der Waals surface area contributed by atoms with Gasteiger partial charge in [0.2, 0.25) is 0 Å². The van der Waals surface area contributed by atoms with Gasteiger partial charge in [-0.05, 0) is 6.92 Å². The summed E-state index contributed by atoms with van der Waals surface area (Å²) in [5, 5.41) is 0. The molecule has 0 spiro atoms. The summed E-state index contributed by atoms with van der Waals surface area (Å²) in [7, 11) is 0. The lowest BCUT2D eigenvalue weighted by atomic mass is 10.6. The molecular weight excluding hydrogens is 126 g/mol. The largest absolute Gasteiger partial charge is 0.359 e. The average molecular weight is 141 g/mol. The second kappa shape index (κ2) is 3.46. The molecule has 1 heterocycles. The van der Waals surface area contributed by atoms with Crippen LogP contribution in [0.1, 0.15) is 6.92 Å². The van der Waals surface area contributed by atoms with E-state index in [1.54, 1.807) is 0 Å². The van der Waals surface area contributed by atoms with Crippen LogP contribution in [0.25, 0.3) is 0 Å². The molecule has 0 amide bonds. The van der Waals surface area contributed by atoms with Gasteiger partial charge in [-0.25, -0.2) is 0 Å². The van der Waals surface area contributed by atoms with E-state index in [1.807, 2.05) is 0 Å². The minimum atomic E-state index is 0.738. The van der Waals surface area contributed by atoms with Crippen molar-refractivity contribution in [3.8, 4) is 0 Å². The molecule has 0 unspecified atom stereocenters. The summed E-state index contributed by atoms with van der Waals surface area (Å²) in [5.41, 5.74) is 5.40. The Kier molecular flexibility index (Phi) is 2.57. The molecule has 0 atom stereocenters. The van der Waals surface area contributed by atoms with Gasteiger partial charge < -0.3 is 15.5 Å². The monoisotopic (exact) mass is 141 g/mol. The lowest BCUT2D eigenvalue weighted by molar-refractivity contribution is 0.278. The lowest BCUT2D eigenvalue weighted by Gasteiger charge is -2.18. The van der Waals surface area contributed by atoms with E-state index in [0.717, 1.165) is 26.3 Å². The van der Waals surface area contributed by atoms with Crippen LogP contribution in [0.15, 0.2) is 12.4 Å². The summed E-state index contributed by atoms with van der Waals surface area (Å²) in [4.78, 5) is 4.46. The van der Waals surface area contributed by atoms with Gasteiger partial charge in [-0.15, -0.1) is 0 Å². The summed E-state index contributed by atoms with van der Waals surface area (Å²) in [6, 6.07) is 0. The van der Waals surface area contributed by atoms with Gasteiger partial charge in [0.25, 0.3) is 0 Å². The van der Waals surface area contributed by atoms with E-state index in [0.29, 0.717) is 0 Å². The van der Waals surface area contributed by atoms with Crippen molar-refractivity contribution in [2.45, 2.75) is 6.92 Å². The van der Waals surface area contributed by atoms with Crippen LogP contribution in [0, 0.1) is 0 Å². The Hall–Kier alpha value is -0.700. The second-order valence-electron chi connectivity index (χ2n) is 2.45. The van der Waals surface area contributed by atoms with E-state index in [9.17, 15) is 0 Å². The lowest BCUT2D eigenvalue weighted by Crippen LogP contribution is -2.29. The highest BCUT2D eigenvalue weighted by atomic mass is 15.3. The average Bonchev–Trinajstić information content (AvgIpc) is 2.37. The first kappa shape index (κ1) is 7.41. The van der Waals surface area contributed by atoms with Gasteiger partial charge in [-0.2, -0.15) is 0 Å². The predicted molar refractivity (Wildman–Crippen MR) is 42.1 cm³/mol. The summed E-state index contributed by atoms with van der Waals surface area (Å²) in [6.07, 6.45) is 4.20. The van der Waals surface area contributed by atoms with Gasteiger partial charge >= 0.3 is 0 Å². The van der Waals surface area contributed by atoms with E-state index in [2.05, 4.69) is 29.1 Å². The van der Waals surface area contributed by atoms with Crippen LogP contribution in [0.2, 0.25) is 0 Å². The Bertz CT molecular complexity index is 122. The number of hydrogen-bond acceptors (Lipinski definition) is 3. The Balaban J connectivity index is 2.24. The van der Waals surface area contributed by atoms with Crippen LogP contribution in [-0.2, 0) is 0 Å². The van der Waals surface area contributed by atoms with Gasteiger partial charge in [0, 0.05) is 32.0 Å². The third kappa shape index (κ3) is 1.64. The molecular formula is C7H15N3. The van der Waals surface area contributed by atoms with Gasteiger partial charge in [0.15, 0.2) is 0 Å². The van der Waals surface area contributed by atoms with Gasteiger partial charge in [-0.3, -0.25) is 0 Å². The molecule has 0 radical (unpaired) electrons. The smallest absolute Gasteiger partial charge is 0.0894 e. The van der Waals surface area contributed by atoms with E-state index in [1.165, 1.54) is 0 Å². The summed E-state index contributed by atoms with van der Waals surface area (Å²) < 4.78 is 0. The second-order valence-corrected chi connectivity index (χ2v) is 2.45. The zero-order valence-corrected chi connectivity index (χ0v) is 6.45. The number of nitrogens with zero attached hydrogens (tertiary/aromatic N) is 2. The molecule has 0 bridgehead atoms. The van der Waals surface area contributed by atoms with Crippen LogP contribution in [-0.4, -0.2) is 36.1 Å². The molecule has 0 saturated heterocycles. The van der Waals surface area contributed by atoms with E-state index in [4.69, 9.17) is 5.73 Å². The molecule has 2 N–H and O–H groups in total. The fraction of sp³-hybridized carbons (Fsp3) is 0.714. The molecule has 1 rings (SSSR count). The van der Waals surface area contributed by atoms with Crippen molar-refractivity contribution in [2.75, 3.05) is 26.3 Å². The highest BCUT2D eigenvalue weighted by molar-refractivity contribution is 4.89. The van der Waals surface area contributed by atoms with Crippen molar-refractivity contribution in [2.24, 2.45) is 5.73 Å². The molecule has 0 aromatic carbocycles. The quantitative estimate of drug-likeness (QED) is 0.601. The van der Waals surface area contributed by atoms with Crippen molar-refractivity contribution >= 4 is 0 Å². The van der Waals surface area contributed by atoms with Crippen LogP contribution >= 0.6 is 0 Å². The van der Waals surface area contributed by atoms with Crippen LogP contribution in [0.4, 0.5) is 0 Å². The first-order chi connectivity index (χ1) is 4.86. The molecule has 0 aromatic rings. The molecule has 0 fully saturated rings. The van der Waals surface area contributed by atoms with Crippen LogP contribution < -0.4 is 5.73 Å². The van der Waals surface area contributed by atoms with Crippen molar-refractivity contribution in [1.29, 1.82) is 0 Å². The maximum absolute atomic E-state index is 5.40. The van der Waals surface area contributed by atoms with Gasteiger partial charge in [0.1, 0.15) is 0 Å². The standard InChI is InChI=1S/C7H15N3/c1-2-9-5-6-10(7-9)4-3-8/h5-6H,2-4,7-8H2,1H3. The Labute approximate surface area is 62.1 Å². The molecule has 3 heteroatoms. The molecule has 1 aliphatic heterocycles. The van der Waals surface area contributed by atoms with E-state index < -0.39 is 0 Å². The number of hydrogen-bond donors (Lipinski definition) is 1. The summed E-state index contributed by atoms with van der Waals surface area (Å²) in [6.45, 7) is 5.94. The van der Waals surface area contributed by atoms with Crippen LogP contribution in [0.3, 0.4) is 0 Å². The van der Waals surface area contributed by atoms with Gasteiger partial charge in [0.05, 0.1) is 6.67 Å². The third-order valence-electron chi connectivity index (χ3n) is 1.67. The normalized spacial score (nSPS) is 17.0. The fourth-order valence-corrected chi connectivity index (χ4v) is 1.03. The summed E-state index contributed by atoms with van der Waals surface area (Å²) >= 11 is 0. The SMILES string of the molecule is CCN1C=CN(CCN)C1. The highest BCUT2D eigenvalue weighted by Crippen LogP contribution is 2.03. The highest BCUT2D eigenvalue weighted by Gasteiger charge is 2.07. The van der Waals surface area contributed by atoms with E-state index >= 15 is 0 Å². The maximum atomic E-state index is 5.40. The molecule has 10 heavy (non-hydrogen) atoms. The minimum absolute atomic E-state index is 0.738. The maximum Gasteiger partial charge on any atom is 0.0894 e. The summed E-state index contributed by atoms with van der Waals surface area (Å²) in [5.74, 6) is 0. The molecule has 1 aliphatic rings. The number of nitrogens with two attached hydrogens (primary N) is 1. The Morgan fingerprint density at radius 1 is 1.40 bits per heavy atom. The first-order valence-electron chi connectivity index (χ1n) is 3.73. The molecule has 58 valence electrons. The van der Waals surface area contributed by atoms with Crippen molar-refractivity contribution in [3.05, 3.63) is 12.4 Å². The van der Waals surface area contributed by atoms with Crippen molar-refractivity contribution < 1.29 is 0 Å². The van der Waals surface area contributed by atoms with Crippen molar-refractivity contribution in [3.63, 3.8) is 0 Å². The molecule has 0 aromatic heterocycles. The van der Waals surface area contributed by atoms with Crippen molar-refractivity contribution in [1.82, 2.24) is 9.80 Å². The first-order valence-corrected chi connectivity index (χ1v) is 3.73. The Morgan fingerprint density at radius 3 is 2.60 bits per heavy atom. The van der Waals surface area contributed by atoms with Gasteiger partial charge in [-0.1, -0.05) is 0 Å². The minimum Gasteiger partial charge on any atom is -0.359 e. The number of rotatable bonds is 3. The topological polar surface area (TPSA) is 32.5 Å². The van der Waals surface area contributed by atoms with Crippen LogP contribution in [0.5, 0.6) is 0 Å². The zero-order chi connectivity index (χ0) is 7.40. The molecule has 3 nitrogen and oxygen atoms in total. The fourth-order valence-electron chi connectivity index (χ4n) is 1.03. The Morgan fingerprint density at radius 2 is 2.10 bits per heavy atom. The molecule has 0 aliphatic carbocycles. The predicted octanol–water partition coefficient (Wildman–Crippen LogP) is 0.0113. The van der Waals surface area contributed by atoms with E-state index in [-0.39, 0.29) is 0 Å². The third-order valence-corrected chi connectivity index (χ3v) is 1.67. The molecule has 0 saturated carbocycles.